The number of ether oxygens (including phenoxy) is 1. The molecule has 0 aromatic rings. The summed E-state index contributed by atoms with van der Waals surface area (Å²) < 4.78 is 38.2. The van der Waals surface area contributed by atoms with Gasteiger partial charge in [0.25, 0.3) is 0 Å². The predicted octanol–water partition coefficient (Wildman–Crippen LogP) is 2.63. The number of hydrogen-bond donors (Lipinski definition) is 2. The Labute approximate surface area is 139 Å². The van der Waals surface area contributed by atoms with Gasteiger partial charge in [-0.15, -0.1) is 0 Å². The molecular formula is C15H30O7S. The van der Waals surface area contributed by atoms with Crippen LogP contribution in [0.15, 0.2) is 0 Å². The topological polar surface area (TPSA) is 110 Å². The van der Waals surface area contributed by atoms with E-state index >= 15 is 0 Å². The lowest BCUT2D eigenvalue weighted by molar-refractivity contribution is -0.153. The Bertz CT molecular complexity index is 395. The SMILES string of the molecule is CCCCCCCCCCCC(=O)OC(CO)COS(=O)(=O)O. The Kier molecular flexibility index (Phi) is 13.3. The molecule has 0 amide bonds. The van der Waals surface area contributed by atoms with E-state index in [0.717, 1.165) is 12.8 Å². The highest BCUT2D eigenvalue weighted by Gasteiger charge is 2.17. The minimum atomic E-state index is -4.60. The van der Waals surface area contributed by atoms with Gasteiger partial charge in [0.05, 0.1) is 6.61 Å². The Morgan fingerprint density at radius 1 is 1.00 bits per heavy atom. The highest BCUT2D eigenvalue weighted by Crippen LogP contribution is 2.11. The van der Waals surface area contributed by atoms with Crippen LogP contribution in [-0.2, 0) is 24.1 Å². The summed E-state index contributed by atoms with van der Waals surface area (Å²) >= 11 is 0. The van der Waals surface area contributed by atoms with E-state index in [1.165, 1.54) is 38.5 Å². The number of rotatable bonds is 15. The van der Waals surface area contributed by atoms with Crippen LogP contribution in [0.3, 0.4) is 0 Å². The van der Waals surface area contributed by atoms with Crippen molar-refractivity contribution in [2.24, 2.45) is 0 Å². The normalized spacial score (nSPS) is 13.0. The molecule has 0 aliphatic carbocycles. The van der Waals surface area contributed by atoms with Crippen LogP contribution < -0.4 is 0 Å². The molecule has 0 saturated carbocycles. The first-order chi connectivity index (χ1) is 10.9. The van der Waals surface area contributed by atoms with Gasteiger partial charge in [0.2, 0.25) is 0 Å². The molecule has 0 aliphatic heterocycles. The molecule has 0 aromatic heterocycles. The third-order valence-corrected chi connectivity index (χ3v) is 3.82. The molecule has 0 rings (SSSR count). The fraction of sp³-hybridized carbons (Fsp3) is 0.933. The smallest absolute Gasteiger partial charge is 0.397 e. The molecule has 7 nitrogen and oxygen atoms in total. The van der Waals surface area contributed by atoms with E-state index in [9.17, 15) is 13.2 Å². The van der Waals surface area contributed by atoms with Crippen molar-refractivity contribution in [2.45, 2.75) is 77.2 Å². The molecule has 0 aliphatic rings. The van der Waals surface area contributed by atoms with Gasteiger partial charge in [-0.1, -0.05) is 58.3 Å². The van der Waals surface area contributed by atoms with Crippen LogP contribution in [0.5, 0.6) is 0 Å². The average Bonchev–Trinajstić information content (AvgIpc) is 2.49. The second-order valence-electron chi connectivity index (χ2n) is 5.59. The number of esters is 1. The molecule has 0 spiro atoms. The van der Waals surface area contributed by atoms with Gasteiger partial charge in [-0.25, -0.2) is 4.18 Å². The summed E-state index contributed by atoms with van der Waals surface area (Å²) in [5, 5.41) is 8.97. The van der Waals surface area contributed by atoms with Gasteiger partial charge >= 0.3 is 16.4 Å². The summed E-state index contributed by atoms with van der Waals surface area (Å²) in [6, 6.07) is 0. The van der Waals surface area contributed by atoms with Crippen molar-refractivity contribution < 1.29 is 31.8 Å². The van der Waals surface area contributed by atoms with Gasteiger partial charge in [-0.2, -0.15) is 8.42 Å². The van der Waals surface area contributed by atoms with E-state index in [1.54, 1.807) is 0 Å². The number of aliphatic hydroxyl groups is 1. The van der Waals surface area contributed by atoms with E-state index in [1.807, 2.05) is 0 Å². The minimum Gasteiger partial charge on any atom is -0.457 e. The molecule has 0 heterocycles. The Hall–Kier alpha value is -0.700. The van der Waals surface area contributed by atoms with Crippen molar-refractivity contribution in [2.75, 3.05) is 13.2 Å². The first kappa shape index (κ1) is 22.3. The fourth-order valence-corrected chi connectivity index (χ4v) is 2.43. The summed E-state index contributed by atoms with van der Waals surface area (Å²) in [6.07, 6.45) is 9.32. The summed E-state index contributed by atoms with van der Waals surface area (Å²) in [5.74, 6) is -0.508. The fourth-order valence-electron chi connectivity index (χ4n) is 2.11. The van der Waals surface area contributed by atoms with E-state index in [-0.39, 0.29) is 6.42 Å². The Morgan fingerprint density at radius 2 is 1.52 bits per heavy atom. The van der Waals surface area contributed by atoms with E-state index < -0.39 is 35.7 Å². The highest BCUT2D eigenvalue weighted by atomic mass is 32.3. The van der Waals surface area contributed by atoms with Crippen LogP contribution in [0.1, 0.15) is 71.1 Å². The van der Waals surface area contributed by atoms with Crippen LogP contribution in [0.4, 0.5) is 0 Å². The summed E-state index contributed by atoms with van der Waals surface area (Å²) in [4.78, 5) is 11.5. The van der Waals surface area contributed by atoms with Crippen LogP contribution in [0, 0.1) is 0 Å². The number of carbonyl (C=O) groups is 1. The largest absolute Gasteiger partial charge is 0.457 e. The van der Waals surface area contributed by atoms with Crippen molar-refractivity contribution in [3.05, 3.63) is 0 Å². The van der Waals surface area contributed by atoms with Crippen molar-refractivity contribution in [3.63, 3.8) is 0 Å². The van der Waals surface area contributed by atoms with Gasteiger partial charge < -0.3 is 9.84 Å². The zero-order chi connectivity index (χ0) is 17.6. The monoisotopic (exact) mass is 354 g/mol. The second-order valence-corrected chi connectivity index (χ2v) is 6.68. The molecule has 8 heteroatoms. The molecule has 23 heavy (non-hydrogen) atoms. The van der Waals surface area contributed by atoms with Gasteiger partial charge in [0.1, 0.15) is 12.7 Å². The second kappa shape index (κ2) is 13.7. The van der Waals surface area contributed by atoms with Gasteiger partial charge in [-0.05, 0) is 6.42 Å². The molecule has 0 fully saturated rings. The Balaban J connectivity index is 3.61. The lowest BCUT2D eigenvalue weighted by Gasteiger charge is -2.14. The van der Waals surface area contributed by atoms with E-state index in [4.69, 9.17) is 14.4 Å². The molecule has 0 saturated heterocycles. The van der Waals surface area contributed by atoms with Crippen LogP contribution in [0.2, 0.25) is 0 Å². The molecule has 0 bridgehead atoms. The third kappa shape index (κ3) is 16.0. The number of carbonyl (C=O) groups excluding carboxylic acids is 1. The summed E-state index contributed by atoms with van der Waals surface area (Å²) in [7, 11) is -4.60. The summed E-state index contributed by atoms with van der Waals surface area (Å²) in [6.45, 7) is 1.02. The molecule has 1 unspecified atom stereocenters. The van der Waals surface area contributed by atoms with Gasteiger partial charge in [-0.3, -0.25) is 9.35 Å². The average molecular weight is 354 g/mol. The highest BCUT2D eigenvalue weighted by molar-refractivity contribution is 7.80. The third-order valence-electron chi connectivity index (χ3n) is 3.39. The molecule has 2 N–H and O–H groups in total. The maximum atomic E-state index is 11.5. The Morgan fingerprint density at radius 3 is 2.00 bits per heavy atom. The van der Waals surface area contributed by atoms with Crippen molar-refractivity contribution in [1.29, 1.82) is 0 Å². The van der Waals surface area contributed by atoms with E-state index in [2.05, 4.69) is 11.1 Å². The quantitative estimate of drug-likeness (QED) is 0.264. The maximum Gasteiger partial charge on any atom is 0.397 e. The first-order valence-corrected chi connectivity index (χ1v) is 9.67. The number of hydrogen-bond acceptors (Lipinski definition) is 6. The zero-order valence-corrected chi connectivity index (χ0v) is 14.7. The van der Waals surface area contributed by atoms with Crippen LogP contribution in [-0.4, -0.2) is 43.4 Å². The van der Waals surface area contributed by atoms with E-state index in [0.29, 0.717) is 6.42 Å². The lowest BCUT2D eigenvalue weighted by atomic mass is 10.1. The van der Waals surface area contributed by atoms with Crippen LogP contribution >= 0.6 is 0 Å². The maximum absolute atomic E-state index is 11.5. The summed E-state index contributed by atoms with van der Waals surface area (Å²) in [5.41, 5.74) is 0. The van der Waals surface area contributed by atoms with Gasteiger partial charge in [0.15, 0.2) is 0 Å². The number of aliphatic hydroxyl groups excluding tert-OH is 1. The van der Waals surface area contributed by atoms with Crippen LogP contribution in [0.25, 0.3) is 0 Å². The molecule has 138 valence electrons. The lowest BCUT2D eigenvalue weighted by Crippen LogP contribution is -2.28. The van der Waals surface area contributed by atoms with Crippen molar-refractivity contribution in [3.8, 4) is 0 Å². The zero-order valence-electron chi connectivity index (χ0n) is 13.9. The minimum absolute atomic E-state index is 0.220. The first-order valence-electron chi connectivity index (χ1n) is 8.31. The molecule has 0 radical (unpaired) electrons. The predicted molar refractivity (Wildman–Crippen MR) is 86.3 cm³/mol. The van der Waals surface area contributed by atoms with Crippen molar-refractivity contribution in [1.82, 2.24) is 0 Å². The molecular weight excluding hydrogens is 324 g/mol. The molecule has 0 aromatic carbocycles. The molecule has 1 atom stereocenters. The van der Waals surface area contributed by atoms with Gasteiger partial charge in [0, 0.05) is 6.42 Å². The van der Waals surface area contributed by atoms with Crippen molar-refractivity contribution >= 4 is 16.4 Å². The number of unbranched alkanes of at least 4 members (excludes halogenated alkanes) is 8. The standard InChI is InChI=1S/C15H30O7S/c1-2-3-4-5-6-7-8-9-10-11-15(17)22-14(12-16)13-21-23(18,19)20/h14,16H,2-13H2,1H3,(H,18,19,20).